The third-order valence-corrected chi connectivity index (χ3v) is 5.49. The second kappa shape index (κ2) is 7.23. The number of amides is 1. The number of aromatic nitrogens is 1. The monoisotopic (exact) mass is 385 g/mol. The summed E-state index contributed by atoms with van der Waals surface area (Å²) in [4.78, 5) is 17.9. The summed E-state index contributed by atoms with van der Waals surface area (Å²) in [7, 11) is 0. The lowest BCUT2D eigenvalue weighted by Crippen LogP contribution is -2.37. The highest BCUT2D eigenvalue weighted by Gasteiger charge is 2.26. The molecule has 2 aromatic carbocycles. The fraction of sp³-hybridized carbons (Fsp3) is 0.250. The van der Waals surface area contributed by atoms with Crippen molar-refractivity contribution in [1.29, 1.82) is 0 Å². The second-order valence-electron chi connectivity index (χ2n) is 6.84. The zero-order valence-electron chi connectivity index (χ0n) is 14.6. The number of fused-ring (bicyclic) bond motifs is 1. The molecule has 4 rings (SSSR count). The zero-order valence-corrected chi connectivity index (χ0v) is 15.4. The maximum atomic E-state index is 12.9. The van der Waals surface area contributed by atoms with E-state index in [0.717, 1.165) is 29.3 Å². The van der Waals surface area contributed by atoms with Gasteiger partial charge in [-0.15, -0.1) is 5.23 Å². The summed E-state index contributed by atoms with van der Waals surface area (Å²) in [6.45, 7) is 1.38. The van der Waals surface area contributed by atoms with Crippen LogP contribution in [0.5, 0.6) is 0 Å². The molecule has 7 heteroatoms. The molecule has 1 fully saturated rings. The summed E-state index contributed by atoms with van der Waals surface area (Å²) in [5.74, 6) is 0.393. The second-order valence-corrected chi connectivity index (χ2v) is 7.28. The number of H-pyrrole nitrogens is 1. The van der Waals surface area contributed by atoms with Crippen molar-refractivity contribution in [2.45, 2.75) is 18.8 Å². The van der Waals surface area contributed by atoms with Gasteiger partial charge in [0.25, 0.3) is 5.91 Å². The molecule has 0 radical (unpaired) electrons. The van der Waals surface area contributed by atoms with Crippen LogP contribution in [-0.2, 0) is 0 Å². The molecule has 1 saturated heterocycles. The van der Waals surface area contributed by atoms with Gasteiger partial charge in [-0.25, -0.2) is 0 Å². The predicted molar refractivity (Wildman–Crippen MR) is 104 cm³/mol. The van der Waals surface area contributed by atoms with Crippen molar-refractivity contribution >= 4 is 34.1 Å². The highest BCUT2D eigenvalue weighted by atomic mass is 35.5. The fourth-order valence-electron chi connectivity index (χ4n) is 3.74. The van der Waals surface area contributed by atoms with Crippen LogP contribution in [0.2, 0.25) is 5.02 Å². The molecule has 1 aliphatic rings. The van der Waals surface area contributed by atoms with Crippen LogP contribution in [0.4, 0.5) is 5.69 Å². The van der Waals surface area contributed by atoms with Gasteiger partial charge in [-0.05, 0) is 48.6 Å². The van der Waals surface area contributed by atoms with Crippen LogP contribution in [0.3, 0.4) is 0 Å². The molecule has 3 aromatic rings. The molecule has 6 nitrogen and oxygen atoms in total. The van der Waals surface area contributed by atoms with E-state index in [-0.39, 0.29) is 11.1 Å². The Morgan fingerprint density at radius 2 is 1.81 bits per heavy atom. The Balaban J connectivity index is 1.44. The van der Waals surface area contributed by atoms with Crippen LogP contribution in [0.15, 0.2) is 48.7 Å². The Bertz CT molecular complexity index is 960. The average Bonchev–Trinajstić information content (AvgIpc) is 3.10. The van der Waals surface area contributed by atoms with E-state index in [1.54, 1.807) is 24.4 Å². The molecule has 1 amide bonds. The minimum Gasteiger partial charge on any atom is -0.360 e. The number of anilines is 1. The lowest BCUT2D eigenvalue weighted by atomic mass is 9.89. The highest BCUT2D eigenvalue weighted by molar-refractivity contribution is 6.31. The molecule has 0 unspecified atom stereocenters. The van der Waals surface area contributed by atoms with E-state index in [9.17, 15) is 4.79 Å². The Labute approximate surface area is 161 Å². The van der Waals surface area contributed by atoms with Crippen molar-refractivity contribution < 1.29 is 15.2 Å². The van der Waals surface area contributed by atoms with Gasteiger partial charge in [-0.1, -0.05) is 29.8 Å². The van der Waals surface area contributed by atoms with Crippen molar-refractivity contribution in [2.75, 3.05) is 18.3 Å². The lowest BCUT2D eigenvalue weighted by Gasteiger charge is -2.32. The first kappa shape index (κ1) is 17.9. The number of aromatic amines is 1. The third kappa shape index (κ3) is 3.51. The lowest BCUT2D eigenvalue weighted by molar-refractivity contribution is 0.0291. The van der Waals surface area contributed by atoms with Gasteiger partial charge in [-0.2, -0.15) is 0 Å². The SMILES string of the molecule is O=C(c1c[nH]c2cc(Cl)ccc12)N1CCC(c2ccc(N(O)O)cc2)CC1. The first-order valence-electron chi connectivity index (χ1n) is 8.86. The summed E-state index contributed by atoms with van der Waals surface area (Å²) in [6, 6.07) is 12.6. The summed E-state index contributed by atoms with van der Waals surface area (Å²) in [5.41, 5.74) is 3.01. The maximum absolute atomic E-state index is 12.9. The van der Waals surface area contributed by atoms with Crippen molar-refractivity contribution in [3.05, 3.63) is 64.8 Å². The van der Waals surface area contributed by atoms with Crippen LogP contribution >= 0.6 is 11.6 Å². The number of carbonyl (C=O) groups is 1. The van der Waals surface area contributed by atoms with Gasteiger partial charge >= 0.3 is 0 Å². The molecule has 0 saturated carbocycles. The number of nitrogens with one attached hydrogen (secondary N) is 1. The van der Waals surface area contributed by atoms with Crippen molar-refractivity contribution in [2.24, 2.45) is 0 Å². The number of benzene rings is 2. The zero-order chi connectivity index (χ0) is 19.0. The largest absolute Gasteiger partial charge is 0.360 e. The summed E-state index contributed by atoms with van der Waals surface area (Å²) < 4.78 is 0. The van der Waals surface area contributed by atoms with E-state index in [1.807, 2.05) is 29.2 Å². The summed E-state index contributed by atoms with van der Waals surface area (Å²) in [6.07, 6.45) is 3.51. The highest BCUT2D eigenvalue weighted by Crippen LogP contribution is 2.31. The Morgan fingerprint density at radius 3 is 2.48 bits per heavy atom. The van der Waals surface area contributed by atoms with Crippen molar-refractivity contribution in [3.8, 4) is 0 Å². The van der Waals surface area contributed by atoms with Gasteiger partial charge in [0, 0.05) is 35.2 Å². The quantitative estimate of drug-likeness (QED) is 0.583. The number of nitrogens with zero attached hydrogens (tertiary/aromatic N) is 2. The van der Waals surface area contributed by atoms with Crippen LogP contribution in [0.25, 0.3) is 10.9 Å². The van der Waals surface area contributed by atoms with Crippen LogP contribution in [0.1, 0.15) is 34.7 Å². The Morgan fingerprint density at radius 1 is 1.11 bits per heavy atom. The topological polar surface area (TPSA) is 79.8 Å². The van der Waals surface area contributed by atoms with Gasteiger partial charge in [0.1, 0.15) is 0 Å². The van der Waals surface area contributed by atoms with Crippen molar-refractivity contribution in [1.82, 2.24) is 9.88 Å². The molecule has 3 N–H and O–H groups in total. The summed E-state index contributed by atoms with van der Waals surface area (Å²) >= 11 is 6.01. The molecule has 1 aliphatic heterocycles. The van der Waals surface area contributed by atoms with E-state index in [1.165, 1.54) is 0 Å². The molecular weight excluding hydrogens is 366 g/mol. The minimum absolute atomic E-state index is 0.0357. The van der Waals surface area contributed by atoms with E-state index in [2.05, 4.69) is 4.98 Å². The molecule has 0 spiro atoms. The smallest absolute Gasteiger partial charge is 0.256 e. The maximum Gasteiger partial charge on any atom is 0.256 e. The molecule has 140 valence electrons. The number of hydrogen-bond acceptors (Lipinski definition) is 4. The number of rotatable bonds is 3. The molecule has 0 atom stereocenters. The minimum atomic E-state index is 0.0357. The summed E-state index contributed by atoms with van der Waals surface area (Å²) in [5, 5.41) is 19.7. The third-order valence-electron chi connectivity index (χ3n) is 5.25. The van der Waals surface area contributed by atoms with Gasteiger partial charge in [-0.3, -0.25) is 15.2 Å². The Kier molecular flexibility index (Phi) is 4.78. The molecular formula is C20H20ClN3O3. The van der Waals surface area contributed by atoms with E-state index in [0.29, 0.717) is 35.3 Å². The van der Waals surface area contributed by atoms with Gasteiger partial charge in [0.2, 0.25) is 0 Å². The molecule has 0 aliphatic carbocycles. The number of carbonyl (C=O) groups excluding carboxylic acids is 1. The van der Waals surface area contributed by atoms with Gasteiger partial charge in [0.15, 0.2) is 0 Å². The number of halogens is 1. The van der Waals surface area contributed by atoms with E-state index >= 15 is 0 Å². The van der Waals surface area contributed by atoms with Crippen LogP contribution < -0.4 is 5.23 Å². The number of hydrogen-bond donors (Lipinski definition) is 3. The standard InChI is InChI=1S/C20H20ClN3O3/c21-15-3-6-17-18(12-22-19(17)11-15)20(25)23-9-7-14(8-10-23)13-1-4-16(5-2-13)24(26)27/h1-6,11-12,14,22,26-27H,7-10H2. The molecule has 1 aromatic heterocycles. The van der Waals surface area contributed by atoms with Crippen molar-refractivity contribution in [3.63, 3.8) is 0 Å². The Hall–Kier alpha value is -2.54. The average molecular weight is 386 g/mol. The van der Waals surface area contributed by atoms with E-state index < -0.39 is 0 Å². The van der Waals surface area contributed by atoms with Crippen LogP contribution in [0, 0.1) is 0 Å². The fourth-order valence-corrected chi connectivity index (χ4v) is 3.91. The normalized spacial score (nSPS) is 15.3. The first-order chi connectivity index (χ1) is 13.0. The number of likely N-dealkylation sites (tertiary alicyclic amines) is 1. The van der Waals surface area contributed by atoms with E-state index in [4.69, 9.17) is 22.0 Å². The molecule has 27 heavy (non-hydrogen) atoms. The predicted octanol–water partition coefficient (Wildman–Crippen LogP) is 4.43. The number of piperidine rings is 1. The first-order valence-corrected chi connectivity index (χ1v) is 9.24. The van der Waals surface area contributed by atoms with Gasteiger partial charge in [0.05, 0.1) is 11.3 Å². The molecule has 2 heterocycles. The molecule has 0 bridgehead atoms. The van der Waals surface area contributed by atoms with Crippen LogP contribution in [-0.4, -0.2) is 39.3 Å². The van der Waals surface area contributed by atoms with Gasteiger partial charge < -0.3 is 9.88 Å².